The molecular formula is C9H9N3O3S. The minimum Gasteiger partial charge on any atom is -0.494 e. The van der Waals surface area contributed by atoms with Crippen LogP contribution in [0.1, 0.15) is 11.3 Å². The molecule has 0 spiro atoms. The van der Waals surface area contributed by atoms with Gasteiger partial charge in [-0.2, -0.15) is 0 Å². The van der Waals surface area contributed by atoms with Gasteiger partial charge in [0.05, 0.1) is 23.3 Å². The fourth-order valence-corrected chi connectivity index (χ4v) is 1.83. The lowest BCUT2D eigenvalue weighted by Crippen LogP contribution is -2.31. The number of H-pyrrole nitrogens is 1. The van der Waals surface area contributed by atoms with E-state index in [2.05, 4.69) is 9.97 Å². The van der Waals surface area contributed by atoms with Crippen molar-refractivity contribution in [3.63, 3.8) is 0 Å². The van der Waals surface area contributed by atoms with E-state index in [4.69, 9.17) is 0 Å². The lowest BCUT2D eigenvalue weighted by atomic mass is 10.3. The fraction of sp³-hybridized carbons (Fsp3) is 0.222. The summed E-state index contributed by atoms with van der Waals surface area (Å²) in [5.74, 6) is -0.318. The van der Waals surface area contributed by atoms with Crippen LogP contribution in [0.2, 0.25) is 0 Å². The molecule has 2 aromatic rings. The summed E-state index contributed by atoms with van der Waals surface area (Å²) in [6.45, 7) is 1.59. The zero-order valence-electron chi connectivity index (χ0n) is 8.43. The SMILES string of the molecule is Cc1c(O)n(Cc2cscn2)c(=O)[nH]c1=O. The molecule has 2 rings (SSSR count). The number of nitrogens with one attached hydrogen (secondary N) is 1. The highest BCUT2D eigenvalue weighted by atomic mass is 32.1. The van der Waals surface area contributed by atoms with E-state index in [1.165, 1.54) is 18.3 Å². The normalized spacial score (nSPS) is 10.6. The van der Waals surface area contributed by atoms with Gasteiger partial charge >= 0.3 is 5.69 Å². The summed E-state index contributed by atoms with van der Waals surface area (Å²) < 4.78 is 1.08. The predicted octanol–water partition coefficient (Wildman–Crippen LogP) is 0.0554. The molecule has 0 radical (unpaired) electrons. The van der Waals surface area contributed by atoms with Crippen LogP contribution in [-0.4, -0.2) is 19.6 Å². The van der Waals surface area contributed by atoms with Crippen LogP contribution in [0.3, 0.4) is 0 Å². The van der Waals surface area contributed by atoms with Crippen LogP contribution < -0.4 is 11.2 Å². The number of aromatic nitrogens is 3. The molecule has 2 heterocycles. The van der Waals surface area contributed by atoms with Crippen molar-refractivity contribution in [3.8, 4) is 5.88 Å². The average molecular weight is 239 g/mol. The Labute approximate surface area is 93.8 Å². The van der Waals surface area contributed by atoms with E-state index in [9.17, 15) is 14.7 Å². The second kappa shape index (κ2) is 3.93. The lowest BCUT2D eigenvalue weighted by molar-refractivity contribution is 0.403. The summed E-state index contributed by atoms with van der Waals surface area (Å²) >= 11 is 1.40. The Bertz CT molecular complexity index is 612. The molecule has 0 fully saturated rings. The molecule has 0 aliphatic heterocycles. The Balaban J connectivity index is 2.53. The van der Waals surface area contributed by atoms with Gasteiger partial charge in [-0.15, -0.1) is 11.3 Å². The number of rotatable bonds is 2. The van der Waals surface area contributed by atoms with Gasteiger partial charge in [0, 0.05) is 5.38 Å². The van der Waals surface area contributed by atoms with Crippen molar-refractivity contribution in [2.24, 2.45) is 0 Å². The topological polar surface area (TPSA) is 88.0 Å². The molecule has 0 bridgehead atoms. The Morgan fingerprint density at radius 1 is 1.56 bits per heavy atom. The van der Waals surface area contributed by atoms with Gasteiger partial charge in [0.25, 0.3) is 5.56 Å². The summed E-state index contributed by atoms with van der Waals surface area (Å²) in [6, 6.07) is 0. The molecule has 0 saturated carbocycles. The number of hydrogen-bond acceptors (Lipinski definition) is 5. The third kappa shape index (κ3) is 1.76. The number of nitrogens with zero attached hydrogens (tertiary/aromatic N) is 2. The van der Waals surface area contributed by atoms with Crippen LogP contribution >= 0.6 is 11.3 Å². The van der Waals surface area contributed by atoms with Crippen molar-refractivity contribution in [2.75, 3.05) is 0 Å². The minimum absolute atomic E-state index is 0.120. The predicted molar refractivity (Wildman–Crippen MR) is 58.9 cm³/mol. The second-order valence-electron chi connectivity index (χ2n) is 3.27. The Morgan fingerprint density at radius 2 is 2.31 bits per heavy atom. The largest absolute Gasteiger partial charge is 0.494 e. The van der Waals surface area contributed by atoms with Crippen molar-refractivity contribution in [1.82, 2.24) is 14.5 Å². The first-order valence-corrected chi connectivity index (χ1v) is 5.43. The highest BCUT2D eigenvalue weighted by Gasteiger charge is 2.10. The van der Waals surface area contributed by atoms with Crippen molar-refractivity contribution in [3.05, 3.63) is 43.0 Å². The van der Waals surface area contributed by atoms with Crippen LogP contribution in [0.5, 0.6) is 5.88 Å². The van der Waals surface area contributed by atoms with Crippen LogP contribution in [-0.2, 0) is 6.54 Å². The molecule has 6 nitrogen and oxygen atoms in total. The molecular weight excluding hydrogens is 230 g/mol. The van der Waals surface area contributed by atoms with Gasteiger partial charge < -0.3 is 5.11 Å². The molecule has 0 atom stereocenters. The van der Waals surface area contributed by atoms with Gasteiger partial charge in [-0.1, -0.05) is 0 Å². The molecule has 2 N–H and O–H groups in total. The van der Waals surface area contributed by atoms with Gasteiger partial charge in [0.1, 0.15) is 0 Å². The van der Waals surface area contributed by atoms with Gasteiger partial charge in [0.15, 0.2) is 0 Å². The van der Waals surface area contributed by atoms with Crippen LogP contribution in [0.25, 0.3) is 0 Å². The monoisotopic (exact) mass is 239 g/mol. The second-order valence-corrected chi connectivity index (χ2v) is 3.99. The van der Waals surface area contributed by atoms with E-state index in [-0.39, 0.29) is 18.0 Å². The van der Waals surface area contributed by atoms with Crippen LogP contribution in [0.4, 0.5) is 0 Å². The molecule has 0 aliphatic rings. The van der Waals surface area contributed by atoms with Crippen LogP contribution in [0, 0.1) is 6.92 Å². The van der Waals surface area contributed by atoms with E-state index in [1.54, 1.807) is 10.9 Å². The van der Waals surface area contributed by atoms with Crippen molar-refractivity contribution < 1.29 is 5.11 Å². The first-order valence-electron chi connectivity index (χ1n) is 4.49. The zero-order valence-corrected chi connectivity index (χ0v) is 9.24. The molecule has 84 valence electrons. The minimum atomic E-state index is -0.638. The van der Waals surface area contributed by atoms with Gasteiger partial charge in [-0.3, -0.25) is 14.3 Å². The highest BCUT2D eigenvalue weighted by molar-refractivity contribution is 7.07. The van der Waals surface area contributed by atoms with Crippen molar-refractivity contribution >= 4 is 11.3 Å². The van der Waals surface area contributed by atoms with Gasteiger partial charge in [-0.05, 0) is 6.92 Å². The summed E-state index contributed by atoms with van der Waals surface area (Å²) in [4.78, 5) is 28.8. The molecule has 0 aliphatic carbocycles. The number of aromatic hydroxyl groups is 1. The summed E-state index contributed by atoms with van der Waals surface area (Å²) in [5, 5.41) is 11.4. The Hall–Kier alpha value is -1.89. The van der Waals surface area contributed by atoms with E-state index in [1.807, 2.05) is 0 Å². The summed E-state index contributed by atoms with van der Waals surface area (Å²) in [6.07, 6.45) is 0. The van der Waals surface area contributed by atoms with Crippen molar-refractivity contribution in [2.45, 2.75) is 13.5 Å². The van der Waals surface area contributed by atoms with Crippen molar-refractivity contribution in [1.29, 1.82) is 0 Å². The fourth-order valence-electron chi connectivity index (χ4n) is 1.28. The third-order valence-electron chi connectivity index (χ3n) is 2.20. The lowest BCUT2D eigenvalue weighted by Gasteiger charge is -2.07. The molecule has 0 aromatic carbocycles. The maximum atomic E-state index is 11.5. The molecule has 7 heteroatoms. The van der Waals surface area contributed by atoms with Crippen LogP contribution in [0.15, 0.2) is 20.5 Å². The molecule has 0 saturated heterocycles. The number of thiazole rings is 1. The zero-order chi connectivity index (χ0) is 11.7. The Kier molecular flexibility index (Phi) is 2.61. The third-order valence-corrected chi connectivity index (χ3v) is 2.84. The van der Waals surface area contributed by atoms with E-state index in [0.29, 0.717) is 5.69 Å². The maximum absolute atomic E-state index is 11.5. The first-order chi connectivity index (χ1) is 7.59. The van der Waals surface area contributed by atoms with Gasteiger partial charge in [0.2, 0.25) is 5.88 Å². The van der Waals surface area contributed by atoms with Gasteiger partial charge in [-0.25, -0.2) is 9.78 Å². The van der Waals surface area contributed by atoms with E-state index >= 15 is 0 Å². The average Bonchev–Trinajstić information content (AvgIpc) is 2.74. The molecule has 0 unspecified atom stereocenters. The summed E-state index contributed by atoms with van der Waals surface area (Å²) in [5.41, 5.74) is 1.21. The highest BCUT2D eigenvalue weighted by Crippen LogP contribution is 2.10. The molecule has 16 heavy (non-hydrogen) atoms. The number of hydrogen-bond donors (Lipinski definition) is 2. The summed E-state index contributed by atoms with van der Waals surface area (Å²) in [7, 11) is 0. The number of aromatic amines is 1. The quantitative estimate of drug-likeness (QED) is 0.775. The van der Waals surface area contributed by atoms with E-state index < -0.39 is 11.2 Å². The maximum Gasteiger partial charge on any atom is 0.331 e. The standard InChI is InChI=1S/C9H9N3O3S/c1-5-7(13)11-9(15)12(8(5)14)2-6-3-16-4-10-6/h3-4,14H,2H2,1H3,(H,11,13,15). The molecule has 2 aromatic heterocycles. The Morgan fingerprint density at radius 3 is 2.94 bits per heavy atom. The smallest absolute Gasteiger partial charge is 0.331 e. The first kappa shape index (κ1) is 10.6. The van der Waals surface area contributed by atoms with E-state index in [0.717, 1.165) is 4.57 Å². The molecule has 0 amide bonds.